The summed E-state index contributed by atoms with van der Waals surface area (Å²) in [6, 6.07) is 4.57. The van der Waals surface area contributed by atoms with Gasteiger partial charge in [0.05, 0.1) is 14.2 Å². The zero-order valence-electron chi connectivity index (χ0n) is 11.3. The molecule has 1 saturated heterocycles. The van der Waals surface area contributed by atoms with E-state index in [-0.39, 0.29) is 0 Å². The molecule has 0 radical (unpaired) electrons. The van der Waals surface area contributed by atoms with Gasteiger partial charge in [0.25, 0.3) is 0 Å². The molecule has 2 rings (SSSR count). The lowest BCUT2D eigenvalue weighted by atomic mass is 10.2. The number of ether oxygens (including phenoxy) is 2. The molecule has 5 nitrogen and oxygen atoms in total. The molecule has 1 aliphatic rings. The summed E-state index contributed by atoms with van der Waals surface area (Å²) in [6.45, 7) is 0. The lowest BCUT2D eigenvalue weighted by molar-refractivity contribution is -0.142. The topological polar surface area (TPSA) is 55.8 Å². The van der Waals surface area contributed by atoms with Gasteiger partial charge in [0.2, 0.25) is 0 Å². The fraction of sp³-hybridized carbons (Fsp3) is 0.429. The molecule has 1 aliphatic heterocycles. The molecule has 0 spiro atoms. The SMILES string of the molecule is COC(=O)C1CCC(C(=O)OC)N1c1cccc(F)c1. The van der Waals surface area contributed by atoms with Gasteiger partial charge in [0.1, 0.15) is 17.9 Å². The standard InChI is InChI=1S/C14H16FNO4/c1-19-13(17)11-6-7-12(14(18)20-2)16(11)10-5-3-4-9(15)8-10/h3-5,8,11-12H,6-7H2,1-2H3. The summed E-state index contributed by atoms with van der Waals surface area (Å²) in [4.78, 5) is 25.2. The summed E-state index contributed by atoms with van der Waals surface area (Å²) in [5.74, 6) is -1.32. The van der Waals surface area contributed by atoms with Gasteiger partial charge in [0.15, 0.2) is 0 Å². The number of rotatable bonds is 3. The first-order valence-electron chi connectivity index (χ1n) is 6.28. The van der Waals surface area contributed by atoms with Gasteiger partial charge < -0.3 is 14.4 Å². The summed E-state index contributed by atoms with van der Waals surface area (Å²) >= 11 is 0. The van der Waals surface area contributed by atoms with Crippen LogP contribution in [-0.4, -0.2) is 38.2 Å². The van der Waals surface area contributed by atoms with Gasteiger partial charge in [-0.05, 0) is 31.0 Å². The Bertz CT molecular complexity index is 496. The molecule has 0 N–H and O–H groups in total. The van der Waals surface area contributed by atoms with Crippen LogP contribution in [0.2, 0.25) is 0 Å². The summed E-state index contributed by atoms with van der Waals surface area (Å²) in [5, 5.41) is 0. The largest absolute Gasteiger partial charge is 0.467 e. The monoisotopic (exact) mass is 281 g/mol. The second-order valence-corrected chi connectivity index (χ2v) is 4.54. The zero-order valence-corrected chi connectivity index (χ0v) is 11.3. The quantitative estimate of drug-likeness (QED) is 0.786. The fourth-order valence-corrected chi connectivity index (χ4v) is 2.54. The molecule has 1 aromatic rings. The lowest BCUT2D eigenvalue weighted by Crippen LogP contribution is -2.45. The minimum atomic E-state index is -0.606. The molecule has 2 unspecified atom stereocenters. The molecule has 1 fully saturated rings. The van der Waals surface area contributed by atoms with Crippen molar-refractivity contribution in [3.63, 3.8) is 0 Å². The van der Waals surface area contributed by atoms with Crippen LogP contribution in [0.1, 0.15) is 12.8 Å². The number of anilines is 1. The van der Waals surface area contributed by atoms with Gasteiger partial charge in [-0.3, -0.25) is 0 Å². The second-order valence-electron chi connectivity index (χ2n) is 4.54. The summed E-state index contributed by atoms with van der Waals surface area (Å²) in [7, 11) is 2.58. The second kappa shape index (κ2) is 5.90. The van der Waals surface area contributed by atoms with Crippen LogP contribution < -0.4 is 4.90 Å². The molecule has 0 bridgehead atoms. The molecule has 0 aromatic heterocycles. The Morgan fingerprint density at radius 1 is 1.15 bits per heavy atom. The molecule has 1 heterocycles. The Morgan fingerprint density at radius 3 is 2.15 bits per heavy atom. The van der Waals surface area contributed by atoms with Gasteiger partial charge in [-0.15, -0.1) is 0 Å². The van der Waals surface area contributed by atoms with E-state index in [0.717, 1.165) is 0 Å². The highest BCUT2D eigenvalue weighted by atomic mass is 19.1. The lowest BCUT2D eigenvalue weighted by Gasteiger charge is -2.29. The van der Waals surface area contributed by atoms with Crippen LogP contribution in [0.3, 0.4) is 0 Å². The van der Waals surface area contributed by atoms with Crippen molar-refractivity contribution in [1.29, 1.82) is 0 Å². The third-order valence-electron chi connectivity index (χ3n) is 3.44. The van der Waals surface area contributed by atoms with Gasteiger partial charge in [-0.2, -0.15) is 0 Å². The molecular formula is C14H16FNO4. The predicted octanol–water partition coefficient (Wildman–Crippen LogP) is 1.51. The Morgan fingerprint density at radius 2 is 1.70 bits per heavy atom. The molecule has 20 heavy (non-hydrogen) atoms. The first kappa shape index (κ1) is 14.3. The first-order chi connectivity index (χ1) is 9.58. The molecule has 6 heteroatoms. The minimum absolute atomic E-state index is 0.429. The first-order valence-corrected chi connectivity index (χ1v) is 6.28. The highest BCUT2D eigenvalue weighted by Crippen LogP contribution is 2.32. The molecule has 2 atom stereocenters. The van der Waals surface area contributed by atoms with E-state index < -0.39 is 29.8 Å². The third-order valence-corrected chi connectivity index (χ3v) is 3.44. The summed E-state index contributed by atoms with van der Waals surface area (Å²) in [5.41, 5.74) is 0.466. The van der Waals surface area contributed by atoms with E-state index in [9.17, 15) is 14.0 Å². The summed E-state index contributed by atoms with van der Waals surface area (Å²) < 4.78 is 22.9. The number of hydrogen-bond donors (Lipinski definition) is 0. The number of benzene rings is 1. The maximum atomic E-state index is 13.4. The Hall–Kier alpha value is -2.11. The van der Waals surface area contributed by atoms with Crippen molar-refractivity contribution in [3.05, 3.63) is 30.1 Å². The number of hydrogen-bond acceptors (Lipinski definition) is 5. The molecule has 0 aliphatic carbocycles. The molecule has 0 amide bonds. The maximum Gasteiger partial charge on any atom is 0.328 e. The van der Waals surface area contributed by atoms with Gasteiger partial charge in [0, 0.05) is 5.69 Å². The van der Waals surface area contributed by atoms with Gasteiger partial charge in [-0.1, -0.05) is 6.07 Å². The average Bonchev–Trinajstić information content (AvgIpc) is 2.90. The van der Waals surface area contributed by atoms with Crippen molar-refractivity contribution in [2.75, 3.05) is 19.1 Å². The van der Waals surface area contributed by atoms with E-state index in [4.69, 9.17) is 9.47 Å². The molecule has 108 valence electrons. The van der Waals surface area contributed by atoms with Crippen molar-refractivity contribution in [2.24, 2.45) is 0 Å². The van der Waals surface area contributed by atoms with Gasteiger partial charge in [-0.25, -0.2) is 14.0 Å². The zero-order chi connectivity index (χ0) is 14.7. The highest BCUT2D eigenvalue weighted by molar-refractivity contribution is 5.88. The number of carbonyl (C=O) groups is 2. The van der Waals surface area contributed by atoms with Crippen LogP contribution in [0.25, 0.3) is 0 Å². The average molecular weight is 281 g/mol. The van der Waals surface area contributed by atoms with Crippen LogP contribution in [0.4, 0.5) is 10.1 Å². The van der Waals surface area contributed by atoms with E-state index in [0.29, 0.717) is 18.5 Å². The minimum Gasteiger partial charge on any atom is -0.467 e. The van der Waals surface area contributed by atoms with Crippen LogP contribution in [-0.2, 0) is 19.1 Å². The van der Waals surface area contributed by atoms with Crippen molar-refractivity contribution < 1.29 is 23.5 Å². The number of carbonyl (C=O) groups excluding carboxylic acids is 2. The van der Waals surface area contributed by atoms with E-state index >= 15 is 0 Å². The summed E-state index contributed by atoms with van der Waals surface area (Å²) in [6.07, 6.45) is 0.923. The van der Waals surface area contributed by atoms with Crippen molar-refractivity contribution in [2.45, 2.75) is 24.9 Å². The van der Waals surface area contributed by atoms with E-state index in [2.05, 4.69) is 0 Å². The van der Waals surface area contributed by atoms with Crippen LogP contribution >= 0.6 is 0 Å². The third kappa shape index (κ3) is 2.59. The molecule has 0 saturated carbocycles. The molecule has 1 aromatic carbocycles. The number of halogens is 1. The van der Waals surface area contributed by atoms with Crippen molar-refractivity contribution in [3.8, 4) is 0 Å². The van der Waals surface area contributed by atoms with E-state index in [1.54, 1.807) is 11.0 Å². The predicted molar refractivity (Wildman–Crippen MR) is 69.7 cm³/mol. The van der Waals surface area contributed by atoms with Crippen molar-refractivity contribution in [1.82, 2.24) is 0 Å². The van der Waals surface area contributed by atoms with Crippen LogP contribution in [0.15, 0.2) is 24.3 Å². The fourth-order valence-electron chi connectivity index (χ4n) is 2.54. The normalized spacial score (nSPS) is 21.6. The molecular weight excluding hydrogens is 265 g/mol. The van der Waals surface area contributed by atoms with E-state index in [1.807, 2.05) is 0 Å². The smallest absolute Gasteiger partial charge is 0.328 e. The van der Waals surface area contributed by atoms with E-state index in [1.165, 1.54) is 32.4 Å². The van der Waals surface area contributed by atoms with Crippen molar-refractivity contribution >= 4 is 17.6 Å². The Labute approximate surface area is 116 Å². The Balaban J connectivity index is 2.38. The number of esters is 2. The van der Waals surface area contributed by atoms with Crippen LogP contribution in [0, 0.1) is 5.82 Å². The van der Waals surface area contributed by atoms with Gasteiger partial charge >= 0.3 is 11.9 Å². The highest BCUT2D eigenvalue weighted by Gasteiger charge is 2.42. The van der Waals surface area contributed by atoms with Crippen LogP contribution in [0.5, 0.6) is 0 Å². The maximum absolute atomic E-state index is 13.4. The number of methoxy groups -OCH3 is 2. The number of nitrogens with zero attached hydrogens (tertiary/aromatic N) is 1. The Kier molecular flexibility index (Phi) is 4.22.